The third-order valence-electron chi connectivity index (χ3n) is 6.62. The molecule has 27 heavy (non-hydrogen) atoms. The average molecular weight is 383 g/mol. The molecule has 1 saturated carbocycles. The topological polar surface area (TPSA) is 37.3 Å². The molecule has 2 nitrogen and oxygen atoms in total. The van der Waals surface area contributed by atoms with Gasteiger partial charge in [-0.25, -0.2) is 8.78 Å². The number of unbranched alkanes of at least 4 members (excludes halogenated alkanes) is 5. The van der Waals surface area contributed by atoms with Gasteiger partial charge in [0.05, 0.1) is 5.41 Å². The first-order valence-electron chi connectivity index (χ1n) is 10.9. The van der Waals surface area contributed by atoms with Crippen molar-refractivity contribution in [2.45, 2.75) is 96.8 Å². The molecule has 0 spiro atoms. The smallest absolute Gasteiger partial charge is 0.309 e. The van der Waals surface area contributed by atoms with Crippen LogP contribution in [-0.2, 0) is 4.79 Å². The summed E-state index contributed by atoms with van der Waals surface area (Å²) in [6.07, 6.45) is 16.1. The molecule has 0 radical (unpaired) electrons. The molecule has 0 amide bonds. The molecule has 2 rings (SSSR count). The molecule has 2 aliphatic carbocycles. The van der Waals surface area contributed by atoms with Crippen LogP contribution in [0.15, 0.2) is 23.8 Å². The van der Waals surface area contributed by atoms with E-state index in [1.807, 2.05) is 0 Å². The minimum atomic E-state index is -2.54. The molecule has 1 fully saturated rings. The van der Waals surface area contributed by atoms with Crippen molar-refractivity contribution >= 4 is 5.97 Å². The lowest BCUT2D eigenvalue weighted by molar-refractivity contribution is -0.155. The quantitative estimate of drug-likeness (QED) is 0.385. The van der Waals surface area contributed by atoms with E-state index in [9.17, 15) is 18.7 Å². The number of hydrogen-bond acceptors (Lipinski definition) is 1. The van der Waals surface area contributed by atoms with Crippen LogP contribution in [0.5, 0.6) is 0 Å². The molecule has 4 heteroatoms. The molecular weight excluding hydrogens is 346 g/mol. The van der Waals surface area contributed by atoms with E-state index in [1.165, 1.54) is 44.1 Å². The third kappa shape index (κ3) is 6.73. The fourth-order valence-corrected chi connectivity index (χ4v) is 4.75. The molecule has 1 N–H and O–H groups in total. The SMILES string of the molecule is CCCCCCCCC1=CCC([C@H]2CC[C@](CC(F)F)(C(=O)O)CC2)C=C1. The number of carboxylic acids is 1. The second-order valence-electron chi connectivity index (χ2n) is 8.57. The summed E-state index contributed by atoms with van der Waals surface area (Å²) < 4.78 is 25.7. The van der Waals surface area contributed by atoms with Crippen molar-refractivity contribution in [3.63, 3.8) is 0 Å². The number of alkyl halides is 2. The van der Waals surface area contributed by atoms with Crippen LogP contribution in [-0.4, -0.2) is 17.5 Å². The van der Waals surface area contributed by atoms with Crippen LogP contribution in [0.4, 0.5) is 8.78 Å². The van der Waals surface area contributed by atoms with Gasteiger partial charge in [0.2, 0.25) is 6.43 Å². The molecular formula is C23H36F2O2. The van der Waals surface area contributed by atoms with Crippen molar-refractivity contribution in [1.82, 2.24) is 0 Å². The highest BCUT2D eigenvalue weighted by atomic mass is 19.3. The van der Waals surface area contributed by atoms with Crippen molar-refractivity contribution in [2.24, 2.45) is 17.3 Å². The van der Waals surface area contributed by atoms with E-state index in [-0.39, 0.29) is 0 Å². The summed E-state index contributed by atoms with van der Waals surface area (Å²) in [5.41, 5.74) is 0.220. The van der Waals surface area contributed by atoms with Gasteiger partial charge >= 0.3 is 5.97 Å². The molecule has 2 aliphatic rings. The van der Waals surface area contributed by atoms with Crippen molar-refractivity contribution in [3.8, 4) is 0 Å². The zero-order valence-electron chi connectivity index (χ0n) is 16.8. The van der Waals surface area contributed by atoms with Crippen LogP contribution in [0.2, 0.25) is 0 Å². The van der Waals surface area contributed by atoms with Crippen molar-refractivity contribution in [1.29, 1.82) is 0 Å². The highest BCUT2D eigenvalue weighted by Crippen LogP contribution is 2.46. The number of carbonyl (C=O) groups is 1. The number of aliphatic carboxylic acids is 1. The van der Waals surface area contributed by atoms with E-state index < -0.39 is 24.2 Å². The highest BCUT2D eigenvalue weighted by molar-refractivity contribution is 5.74. The van der Waals surface area contributed by atoms with Gasteiger partial charge in [0.1, 0.15) is 0 Å². The summed E-state index contributed by atoms with van der Waals surface area (Å²) in [5, 5.41) is 9.46. The summed E-state index contributed by atoms with van der Waals surface area (Å²) in [6.45, 7) is 2.24. The Labute approximate surface area is 163 Å². The molecule has 1 unspecified atom stereocenters. The molecule has 1 atom stereocenters. The lowest BCUT2D eigenvalue weighted by Gasteiger charge is -2.39. The Bertz CT molecular complexity index is 516. The molecule has 0 aromatic rings. The van der Waals surface area contributed by atoms with Crippen molar-refractivity contribution in [2.75, 3.05) is 0 Å². The van der Waals surface area contributed by atoms with Crippen LogP contribution >= 0.6 is 0 Å². The summed E-state index contributed by atoms with van der Waals surface area (Å²) >= 11 is 0. The van der Waals surface area contributed by atoms with E-state index in [0.29, 0.717) is 24.7 Å². The normalized spacial score (nSPS) is 28.4. The van der Waals surface area contributed by atoms with Crippen molar-refractivity contribution < 1.29 is 18.7 Å². The Hall–Kier alpha value is -1.19. The van der Waals surface area contributed by atoms with Gasteiger partial charge in [-0.1, -0.05) is 62.8 Å². The van der Waals surface area contributed by atoms with Gasteiger partial charge in [0, 0.05) is 6.42 Å². The van der Waals surface area contributed by atoms with E-state index in [1.54, 1.807) is 0 Å². The zero-order valence-corrected chi connectivity index (χ0v) is 16.8. The molecule has 0 aromatic heterocycles. The van der Waals surface area contributed by atoms with Gasteiger partial charge in [-0.15, -0.1) is 0 Å². The monoisotopic (exact) mass is 382 g/mol. The van der Waals surface area contributed by atoms with Crippen LogP contribution < -0.4 is 0 Å². The van der Waals surface area contributed by atoms with Crippen LogP contribution in [0.3, 0.4) is 0 Å². The summed E-state index contributed by atoms with van der Waals surface area (Å²) in [7, 11) is 0. The number of allylic oxidation sites excluding steroid dienone is 4. The maximum atomic E-state index is 12.8. The number of rotatable bonds is 11. The third-order valence-corrected chi connectivity index (χ3v) is 6.62. The molecule has 154 valence electrons. The van der Waals surface area contributed by atoms with Gasteiger partial charge in [-0.05, 0) is 56.8 Å². The summed E-state index contributed by atoms with van der Waals surface area (Å²) in [5.74, 6) is -0.170. The van der Waals surface area contributed by atoms with E-state index in [4.69, 9.17) is 0 Å². The lowest BCUT2D eigenvalue weighted by atomic mass is 9.65. The van der Waals surface area contributed by atoms with Crippen LogP contribution in [0.25, 0.3) is 0 Å². The van der Waals surface area contributed by atoms with Crippen LogP contribution in [0.1, 0.15) is 90.4 Å². The minimum Gasteiger partial charge on any atom is -0.481 e. The van der Waals surface area contributed by atoms with E-state index >= 15 is 0 Å². The van der Waals surface area contributed by atoms with Gasteiger partial charge in [0.25, 0.3) is 0 Å². The van der Waals surface area contributed by atoms with E-state index in [0.717, 1.165) is 25.7 Å². The predicted molar refractivity (Wildman–Crippen MR) is 106 cm³/mol. The minimum absolute atomic E-state index is 0.385. The maximum Gasteiger partial charge on any atom is 0.309 e. The summed E-state index contributed by atoms with van der Waals surface area (Å²) in [4.78, 5) is 11.6. The van der Waals surface area contributed by atoms with Crippen LogP contribution in [0, 0.1) is 17.3 Å². The van der Waals surface area contributed by atoms with Gasteiger partial charge in [-0.2, -0.15) is 0 Å². The Morgan fingerprint density at radius 3 is 2.41 bits per heavy atom. The summed E-state index contributed by atoms with van der Waals surface area (Å²) in [6, 6.07) is 0. The number of hydrogen-bond donors (Lipinski definition) is 1. The first-order valence-corrected chi connectivity index (χ1v) is 10.9. The Morgan fingerprint density at radius 1 is 1.19 bits per heavy atom. The fraction of sp³-hybridized carbons (Fsp3) is 0.783. The molecule has 0 bridgehead atoms. The Balaban J connectivity index is 1.73. The van der Waals surface area contributed by atoms with E-state index in [2.05, 4.69) is 25.2 Å². The predicted octanol–water partition coefficient (Wildman–Crippen LogP) is 7.16. The van der Waals surface area contributed by atoms with Crippen molar-refractivity contribution in [3.05, 3.63) is 23.8 Å². The molecule has 0 aliphatic heterocycles. The Morgan fingerprint density at radius 2 is 1.85 bits per heavy atom. The highest BCUT2D eigenvalue weighted by Gasteiger charge is 2.44. The van der Waals surface area contributed by atoms with Gasteiger partial charge < -0.3 is 5.11 Å². The van der Waals surface area contributed by atoms with Gasteiger partial charge in [0.15, 0.2) is 0 Å². The van der Waals surface area contributed by atoms with Gasteiger partial charge in [-0.3, -0.25) is 4.79 Å². The lowest BCUT2D eigenvalue weighted by Crippen LogP contribution is -2.38. The zero-order chi connectivity index (χ0) is 19.7. The first-order chi connectivity index (χ1) is 13.0. The largest absolute Gasteiger partial charge is 0.481 e. The molecule has 0 aromatic carbocycles. The maximum absolute atomic E-state index is 12.8. The second-order valence-corrected chi connectivity index (χ2v) is 8.57. The standard InChI is InChI=1S/C23H36F2O2/c1-2-3-4-5-6-7-8-18-9-11-19(12-10-18)20-13-15-23(16-14-20,22(26)27)17-21(24)25/h9-11,19-21H,2-8,12-17H2,1H3,(H,26,27)/t19?,20-,23-. The Kier molecular flexibility index (Phi) is 8.98. The second kappa shape index (κ2) is 11.0. The average Bonchev–Trinajstić information content (AvgIpc) is 2.65. The number of carboxylic acid groups (broad SMARTS) is 1. The first kappa shape index (κ1) is 22.1. The number of halogens is 2. The molecule has 0 heterocycles. The molecule has 0 saturated heterocycles. The fourth-order valence-electron chi connectivity index (χ4n) is 4.75.